The van der Waals surface area contributed by atoms with Crippen molar-refractivity contribution in [2.24, 2.45) is 0 Å². The molecule has 1 heterocycles. The average molecular weight is 316 g/mol. The van der Waals surface area contributed by atoms with Gasteiger partial charge in [-0.2, -0.15) is 0 Å². The largest absolute Gasteiger partial charge is 0.388 e. The van der Waals surface area contributed by atoms with Crippen molar-refractivity contribution in [3.63, 3.8) is 0 Å². The molecule has 2 rings (SSSR count). The van der Waals surface area contributed by atoms with Crippen molar-refractivity contribution in [1.29, 1.82) is 0 Å². The van der Waals surface area contributed by atoms with Crippen LogP contribution in [0.5, 0.6) is 0 Å². The van der Waals surface area contributed by atoms with Crippen LogP contribution in [-0.4, -0.2) is 34.1 Å². The van der Waals surface area contributed by atoms with E-state index in [-0.39, 0.29) is 18.4 Å². The highest BCUT2D eigenvalue weighted by Gasteiger charge is 2.38. The summed E-state index contributed by atoms with van der Waals surface area (Å²) in [6.07, 6.45) is 2.00. The SMILES string of the molecule is CC(C)(O)C1CCCN1C(=O)Cc1ccc(Cl)cc1Cl. The minimum absolute atomic E-state index is 0.00107. The van der Waals surface area contributed by atoms with Crippen LogP contribution in [0.2, 0.25) is 10.0 Å². The molecule has 0 aromatic heterocycles. The highest BCUT2D eigenvalue weighted by molar-refractivity contribution is 6.35. The standard InChI is InChI=1S/C15H19Cl2NO2/c1-15(2,20)13-4-3-7-18(13)14(19)8-10-5-6-11(16)9-12(10)17/h5-6,9,13,20H,3-4,7-8H2,1-2H3. The molecule has 5 heteroatoms. The lowest BCUT2D eigenvalue weighted by atomic mass is 9.96. The Kier molecular flexibility index (Phi) is 4.62. The molecule has 1 amide bonds. The Hall–Kier alpha value is -0.770. The Morgan fingerprint density at radius 2 is 2.15 bits per heavy atom. The Labute approximate surface area is 129 Å². The first-order valence-corrected chi connectivity index (χ1v) is 7.50. The van der Waals surface area contributed by atoms with Crippen LogP contribution < -0.4 is 0 Å². The molecule has 1 saturated heterocycles. The van der Waals surface area contributed by atoms with E-state index in [0.717, 1.165) is 18.4 Å². The quantitative estimate of drug-likeness (QED) is 0.929. The summed E-state index contributed by atoms with van der Waals surface area (Å²) in [5.41, 5.74) is -0.113. The zero-order valence-corrected chi connectivity index (χ0v) is 13.2. The topological polar surface area (TPSA) is 40.5 Å². The summed E-state index contributed by atoms with van der Waals surface area (Å²) in [7, 11) is 0. The number of rotatable bonds is 3. The predicted molar refractivity (Wildman–Crippen MR) is 81.2 cm³/mol. The molecule has 0 radical (unpaired) electrons. The fraction of sp³-hybridized carbons (Fsp3) is 0.533. The molecule has 1 aromatic rings. The number of nitrogens with zero attached hydrogens (tertiary/aromatic N) is 1. The molecule has 1 N–H and O–H groups in total. The van der Waals surface area contributed by atoms with Gasteiger partial charge in [-0.05, 0) is 44.4 Å². The van der Waals surface area contributed by atoms with E-state index >= 15 is 0 Å². The average Bonchev–Trinajstić information content (AvgIpc) is 2.81. The second-order valence-corrected chi connectivity index (χ2v) is 6.65. The normalized spacial score (nSPS) is 19.4. The zero-order valence-electron chi connectivity index (χ0n) is 11.7. The van der Waals surface area contributed by atoms with Crippen molar-refractivity contribution >= 4 is 29.1 Å². The fourth-order valence-corrected chi connectivity index (χ4v) is 3.20. The molecule has 3 nitrogen and oxygen atoms in total. The first-order chi connectivity index (χ1) is 9.29. The van der Waals surface area contributed by atoms with Gasteiger partial charge >= 0.3 is 0 Å². The summed E-state index contributed by atoms with van der Waals surface area (Å²) >= 11 is 12.0. The number of hydrogen-bond acceptors (Lipinski definition) is 2. The van der Waals surface area contributed by atoms with E-state index in [1.807, 2.05) is 0 Å². The third-order valence-corrected chi connectivity index (χ3v) is 4.33. The molecular formula is C15H19Cl2NO2. The van der Waals surface area contributed by atoms with Crippen LogP contribution in [0.1, 0.15) is 32.3 Å². The lowest BCUT2D eigenvalue weighted by Gasteiger charge is -2.34. The van der Waals surface area contributed by atoms with E-state index in [2.05, 4.69) is 0 Å². The number of benzene rings is 1. The summed E-state index contributed by atoms with van der Waals surface area (Å²) in [6.45, 7) is 4.19. The molecule has 0 saturated carbocycles. The van der Waals surface area contributed by atoms with Crippen molar-refractivity contribution in [2.45, 2.75) is 44.8 Å². The number of likely N-dealkylation sites (tertiary alicyclic amines) is 1. The van der Waals surface area contributed by atoms with E-state index < -0.39 is 5.60 Å². The van der Waals surface area contributed by atoms with Gasteiger partial charge < -0.3 is 10.0 Å². The molecule has 20 heavy (non-hydrogen) atoms. The van der Waals surface area contributed by atoms with Crippen LogP contribution >= 0.6 is 23.2 Å². The maximum atomic E-state index is 12.4. The monoisotopic (exact) mass is 315 g/mol. The third kappa shape index (κ3) is 3.46. The summed E-state index contributed by atoms with van der Waals surface area (Å²) in [6, 6.07) is 5.02. The molecule has 1 aromatic carbocycles. The molecular weight excluding hydrogens is 297 g/mol. The van der Waals surface area contributed by atoms with Crippen LogP contribution in [0.25, 0.3) is 0 Å². The molecule has 1 aliphatic heterocycles. The van der Waals surface area contributed by atoms with Crippen molar-refractivity contribution in [3.05, 3.63) is 33.8 Å². The maximum Gasteiger partial charge on any atom is 0.227 e. The highest BCUT2D eigenvalue weighted by Crippen LogP contribution is 2.28. The van der Waals surface area contributed by atoms with Crippen LogP contribution in [0.3, 0.4) is 0 Å². The first kappa shape index (κ1) is 15.6. The van der Waals surface area contributed by atoms with E-state index in [1.54, 1.807) is 36.9 Å². The number of amides is 1. The van der Waals surface area contributed by atoms with Crippen LogP contribution in [-0.2, 0) is 11.2 Å². The van der Waals surface area contributed by atoms with Crippen LogP contribution in [0, 0.1) is 0 Å². The molecule has 0 spiro atoms. The number of aliphatic hydroxyl groups is 1. The smallest absolute Gasteiger partial charge is 0.227 e. The zero-order chi connectivity index (χ0) is 14.9. The summed E-state index contributed by atoms with van der Waals surface area (Å²) < 4.78 is 0. The fourth-order valence-electron chi connectivity index (χ4n) is 2.73. The van der Waals surface area contributed by atoms with E-state index in [9.17, 15) is 9.90 Å². The van der Waals surface area contributed by atoms with Gasteiger partial charge in [-0.1, -0.05) is 29.3 Å². The second kappa shape index (κ2) is 5.92. The second-order valence-electron chi connectivity index (χ2n) is 5.81. The van der Waals surface area contributed by atoms with Crippen LogP contribution in [0.4, 0.5) is 0 Å². The van der Waals surface area contributed by atoms with Crippen molar-refractivity contribution in [1.82, 2.24) is 4.90 Å². The van der Waals surface area contributed by atoms with Gasteiger partial charge in [0.15, 0.2) is 0 Å². The Morgan fingerprint density at radius 1 is 1.45 bits per heavy atom. The number of carbonyl (C=O) groups is 1. The van der Waals surface area contributed by atoms with Crippen LogP contribution in [0.15, 0.2) is 18.2 Å². The Bertz CT molecular complexity index is 511. The van der Waals surface area contributed by atoms with Crippen molar-refractivity contribution in [3.8, 4) is 0 Å². The lowest BCUT2D eigenvalue weighted by Crippen LogP contribution is -2.48. The summed E-state index contributed by atoms with van der Waals surface area (Å²) in [4.78, 5) is 14.2. The van der Waals surface area contributed by atoms with E-state index in [4.69, 9.17) is 23.2 Å². The van der Waals surface area contributed by atoms with Gasteiger partial charge in [0.05, 0.1) is 18.1 Å². The molecule has 1 atom stereocenters. The predicted octanol–water partition coefficient (Wildman–Crippen LogP) is 3.30. The van der Waals surface area contributed by atoms with Gasteiger partial charge in [0.25, 0.3) is 0 Å². The number of carbonyl (C=O) groups excluding carboxylic acids is 1. The molecule has 1 unspecified atom stereocenters. The van der Waals surface area contributed by atoms with Gasteiger partial charge in [-0.3, -0.25) is 4.79 Å². The molecule has 110 valence electrons. The van der Waals surface area contributed by atoms with Gasteiger partial charge in [0.1, 0.15) is 0 Å². The highest BCUT2D eigenvalue weighted by atomic mass is 35.5. The Balaban J connectivity index is 2.12. The van der Waals surface area contributed by atoms with Gasteiger partial charge in [-0.25, -0.2) is 0 Å². The van der Waals surface area contributed by atoms with Gasteiger partial charge in [0.2, 0.25) is 5.91 Å². The molecule has 0 aliphatic carbocycles. The van der Waals surface area contributed by atoms with E-state index in [0.29, 0.717) is 16.6 Å². The van der Waals surface area contributed by atoms with Gasteiger partial charge in [0, 0.05) is 16.6 Å². The lowest BCUT2D eigenvalue weighted by molar-refractivity contribution is -0.135. The van der Waals surface area contributed by atoms with E-state index in [1.165, 1.54) is 0 Å². The van der Waals surface area contributed by atoms with Gasteiger partial charge in [-0.15, -0.1) is 0 Å². The van der Waals surface area contributed by atoms with Crippen molar-refractivity contribution < 1.29 is 9.90 Å². The molecule has 1 aliphatic rings. The number of halogens is 2. The summed E-state index contributed by atoms with van der Waals surface area (Å²) in [5, 5.41) is 11.2. The minimum atomic E-state index is -0.879. The maximum absolute atomic E-state index is 12.4. The molecule has 1 fully saturated rings. The minimum Gasteiger partial charge on any atom is -0.388 e. The first-order valence-electron chi connectivity index (χ1n) is 6.75. The third-order valence-electron chi connectivity index (χ3n) is 3.75. The summed E-state index contributed by atoms with van der Waals surface area (Å²) in [5.74, 6) is -0.00107. The Morgan fingerprint density at radius 3 is 2.75 bits per heavy atom. The number of hydrogen-bond donors (Lipinski definition) is 1. The van der Waals surface area contributed by atoms with Crippen molar-refractivity contribution in [2.75, 3.05) is 6.54 Å². The molecule has 0 bridgehead atoms.